The normalized spacial score (nSPS) is 22.2. The highest BCUT2D eigenvalue weighted by Gasteiger charge is 2.50. The first kappa shape index (κ1) is 47.9. The third-order valence-corrected chi connectivity index (χ3v) is 12.3. The van der Waals surface area contributed by atoms with Crippen molar-refractivity contribution < 1.29 is 80.5 Å². The lowest BCUT2D eigenvalue weighted by Gasteiger charge is -2.30. The fourth-order valence-electron chi connectivity index (χ4n) is 5.05. The minimum absolute atomic E-state index is 0.0318. The molecule has 1 fully saturated rings. The van der Waals surface area contributed by atoms with Crippen LogP contribution < -0.4 is 16.4 Å². The molecule has 8 unspecified atom stereocenters. The number of ether oxygens (including phenoxy) is 1. The van der Waals surface area contributed by atoms with Gasteiger partial charge in [-0.05, 0) is 6.42 Å². The first-order chi connectivity index (χ1) is 26.0. The van der Waals surface area contributed by atoms with Gasteiger partial charge in [0.25, 0.3) is 0 Å². The molecular weight excluding hydrogens is 831 g/mol. The Morgan fingerprint density at radius 1 is 1.07 bits per heavy atom. The molecule has 8 atom stereocenters. The summed E-state index contributed by atoms with van der Waals surface area (Å²) in [5, 5.41) is 26.5. The first-order valence-corrected chi connectivity index (χ1v) is 22.5. The monoisotopic (exact) mass is 879 g/mol. The van der Waals surface area contributed by atoms with E-state index in [0.717, 1.165) is 48.2 Å². The predicted molar refractivity (Wildman–Crippen MR) is 196 cm³/mol. The summed E-state index contributed by atoms with van der Waals surface area (Å²) in [6.07, 6.45) is -4.15. The lowest BCUT2D eigenvalue weighted by molar-refractivity contribution is -0.137. The van der Waals surface area contributed by atoms with Crippen LogP contribution in [0, 0.1) is 11.3 Å². The van der Waals surface area contributed by atoms with Crippen molar-refractivity contribution in [1.29, 1.82) is 0 Å². The quantitative estimate of drug-likeness (QED) is 0.0542. The zero-order valence-corrected chi connectivity index (χ0v) is 34.3. The van der Waals surface area contributed by atoms with Crippen LogP contribution in [0.4, 0.5) is 5.82 Å². The molecule has 0 radical (unpaired) electrons. The number of carbonyl (C=O) groups is 3. The van der Waals surface area contributed by atoms with E-state index in [1.54, 1.807) is 0 Å². The van der Waals surface area contributed by atoms with E-state index in [-0.39, 0.29) is 47.5 Å². The second-order valence-corrected chi connectivity index (χ2v) is 18.6. The third-order valence-electron chi connectivity index (χ3n) is 8.14. The maximum absolute atomic E-state index is 12.7. The summed E-state index contributed by atoms with van der Waals surface area (Å²) in [6, 6.07) is 0. The van der Waals surface area contributed by atoms with Gasteiger partial charge in [-0.1, -0.05) is 52.3 Å². The minimum atomic E-state index is -5.57. The highest BCUT2D eigenvalue weighted by Crippen LogP contribution is 2.61. The van der Waals surface area contributed by atoms with Crippen LogP contribution in [0.3, 0.4) is 0 Å². The van der Waals surface area contributed by atoms with Gasteiger partial charge in [-0.2, -0.15) is 4.31 Å². The summed E-state index contributed by atoms with van der Waals surface area (Å²) in [7, 11) is -16.4. The van der Waals surface area contributed by atoms with Crippen molar-refractivity contribution in [3.63, 3.8) is 0 Å². The highest BCUT2D eigenvalue weighted by atomic mass is 32.2. The van der Waals surface area contributed by atoms with Gasteiger partial charge in [0, 0.05) is 36.6 Å². The number of aliphatic hydroxyl groups is 2. The van der Waals surface area contributed by atoms with Crippen LogP contribution in [-0.2, 0) is 50.7 Å². The van der Waals surface area contributed by atoms with E-state index in [9.17, 15) is 57.9 Å². The van der Waals surface area contributed by atoms with E-state index in [1.807, 2.05) is 13.8 Å². The zero-order chi connectivity index (χ0) is 42.1. The average Bonchev–Trinajstić information content (AvgIpc) is 3.66. The number of nitrogens with zero attached hydrogens (tertiary/aromatic N) is 4. The Morgan fingerprint density at radius 2 is 1.75 bits per heavy atom. The molecule has 3 heterocycles. The van der Waals surface area contributed by atoms with Gasteiger partial charge in [-0.15, -0.1) is 0 Å². The third kappa shape index (κ3) is 14.4. The number of phosphoric ester groups is 3. The molecule has 0 bridgehead atoms. The van der Waals surface area contributed by atoms with Crippen molar-refractivity contribution in [3.8, 4) is 0 Å². The lowest BCUT2D eigenvalue weighted by Crippen LogP contribution is -2.46. The van der Waals surface area contributed by atoms with Crippen LogP contribution in [0.2, 0.25) is 0 Å². The van der Waals surface area contributed by atoms with Gasteiger partial charge >= 0.3 is 23.5 Å². The second kappa shape index (κ2) is 20.5. The lowest BCUT2D eigenvalue weighted by atomic mass is 9.87. The van der Waals surface area contributed by atoms with Gasteiger partial charge in [-0.3, -0.25) is 32.5 Å². The molecule has 24 nitrogen and oxygen atoms in total. The number of nitrogens with two attached hydrogens (primary N) is 1. The van der Waals surface area contributed by atoms with Gasteiger partial charge in [0.1, 0.15) is 36.3 Å². The molecule has 10 N–H and O–H groups in total. The minimum Gasteiger partial charge on any atom is -0.386 e. The fraction of sp³-hybridized carbons (Fsp3) is 0.714. The number of hydrogen-bond donors (Lipinski definition) is 9. The number of nitrogens with one attached hydrogen (secondary N) is 2. The molecule has 0 spiro atoms. The summed E-state index contributed by atoms with van der Waals surface area (Å²) in [5.74, 6) is -1.13. The molecule has 2 amide bonds. The summed E-state index contributed by atoms with van der Waals surface area (Å²) < 4.78 is 62.1. The topological polar surface area (TPSA) is 364 Å². The van der Waals surface area contributed by atoms with Crippen molar-refractivity contribution >= 4 is 69.1 Å². The van der Waals surface area contributed by atoms with Crippen LogP contribution in [0.5, 0.6) is 0 Å². The van der Waals surface area contributed by atoms with E-state index < -0.39 is 84.6 Å². The maximum atomic E-state index is 12.7. The molecule has 0 aromatic carbocycles. The molecule has 2 aromatic rings. The number of carbonyl (C=O) groups excluding carboxylic acids is 3. The molecule has 0 aliphatic carbocycles. The Labute approximate surface area is 325 Å². The van der Waals surface area contributed by atoms with Crippen molar-refractivity contribution in [2.24, 2.45) is 11.3 Å². The molecule has 3 rings (SSSR count). The van der Waals surface area contributed by atoms with Gasteiger partial charge in [0.15, 0.2) is 22.8 Å². The Kier molecular flexibility index (Phi) is 17.5. The molecule has 0 saturated carbocycles. The van der Waals surface area contributed by atoms with Crippen LogP contribution in [0.15, 0.2) is 12.7 Å². The second-order valence-electron chi connectivity index (χ2n) is 13.3. The Morgan fingerprint density at radius 3 is 2.41 bits per heavy atom. The standard InChI is InChI=1S/C28H48N7O17P3S/c1-5-6-7-16(2)27(40)56-11-10-30-18(36)8-9-31-25(39)22(38)28(3,4)13-49-55(46,47)52-54(44,45)48-12-17-21(51-53(41,42)43)20(37)26(50-17)35-15-34-19-23(29)32-14-33-24(19)35/h14-17,20-22,26,37-38H,5-13H2,1-4H3,(H,30,36)(H,31,39)(H,44,45)(H,46,47)(H2,29,32,33)(H2,41,42,43). The Bertz CT molecular complexity index is 1820. The number of nitrogen functional groups attached to an aromatic ring is 1. The maximum Gasteiger partial charge on any atom is 0.481 e. The SMILES string of the molecule is CCCCC(C)C(=O)SCCNC(=O)CCNC(=O)C(O)C(C)(C)COP(=O)(O)OP(=O)(O)OCC1OC(n2cnc3c(N)ncnc32)C(O)C1OP(=O)(O)O. The number of unbranched alkanes of at least 4 members (excludes halogenated alkanes) is 1. The zero-order valence-electron chi connectivity index (χ0n) is 30.8. The average molecular weight is 880 g/mol. The summed E-state index contributed by atoms with van der Waals surface area (Å²) in [4.78, 5) is 87.7. The van der Waals surface area contributed by atoms with Crippen LogP contribution in [0.25, 0.3) is 11.2 Å². The number of fused-ring (bicyclic) bond motifs is 1. The largest absolute Gasteiger partial charge is 0.481 e. The number of aliphatic hydroxyl groups excluding tert-OH is 2. The molecule has 318 valence electrons. The smallest absolute Gasteiger partial charge is 0.386 e. The Hall–Kier alpha value is -2.44. The molecule has 1 aliphatic rings. The molecule has 1 saturated heterocycles. The number of thioether (sulfide) groups is 1. The number of imidazole rings is 1. The number of rotatable bonds is 23. The van der Waals surface area contributed by atoms with Gasteiger partial charge < -0.3 is 50.9 Å². The number of anilines is 1. The number of hydrogen-bond acceptors (Lipinski definition) is 18. The predicted octanol–water partition coefficient (Wildman–Crippen LogP) is 0.491. The van der Waals surface area contributed by atoms with Crippen molar-refractivity contribution in [2.75, 3.05) is 37.8 Å². The fourth-order valence-corrected chi connectivity index (χ4v) is 8.69. The van der Waals surface area contributed by atoms with E-state index in [1.165, 1.54) is 13.8 Å². The van der Waals surface area contributed by atoms with E-state index in [0.29, 0.717) is 5.75 Å². The van der Waals surface area contributed by atoms with Crippen LogP contribution >= 0.6 is 35.2 Å². The number of phosphoric acid groups is 3. The number of aromatic nitrogens is 4. The van der Waals surface area contributed by atoms with Gasteiger partial charge in [0.2, 0.25) is 11.8 Å². The highest BCUT2D eigenvalue weighted by molar-refractivity contribution is 8.13. The van der Waals surface area contributed by atoms with Crippen LogP contribution in [0.1, 0.15) is 59.6 Å². The number of amides is 2. The molecule has 56 heavy (non-hydrogen) atoms. The van der Waals surface area contributed by atoms with Crippen LogP contribution in [-0.4, -0.2) is 123 Å². The summed E-state index contributed by atoms with van der Waals surface area (Å²) in [5.41, 5.74) is 4.27. The van der Waals surface area contributed by atoms with E-state index in [2.05, 4.69) is 34.4 Å². The molecule has 2 aromatic heterocycles. The molecule has 1 aliphatic heterocycles. The first-order valence-electron chi connectivity index (χ1n) is 17.0. The molecule has 28 heteroatoms. The molecular formula is C28H48N7O17P3S. The summed E-state index contributed by atoms with van der Waals surface area (Å²) >= 11 is 1.13. The van der Waals surface area contributed by atoms with E-state index in [4.69, 9.17) is 19.5 Å². The van der Waals surface area contributed by atoms with Gasteiger partial charge in [-0.25, -0.2) is 28.6 Å². The van der Waals surface area contributed by atoms with Crippen molar-refractivity contribution in [3.05, 3.63) is 12.7 Å². The van der Waals surface area contributed by atoms with Gasteiger partial charge in [0.05, 0.1) is 19.5 Å². The van der Waals surface area contributed by atoms with Crippen molar-refractivity contribution in [2.45, 2.75) is 84.0 Å². The summed E-state index contributed by atoms with van der Waals surface area (Å²) in [6.45, 7) is 4.44. The van der Waals surface area contributed by atoms with Crippen molar-refractivity contribution in [1.82, 2.24) is 30.2 Å². The van der Waals surface area contributed by atoms with E-state index >= 15 is 0 Å². The Balaban J connectivity index is 1.48.